The maximum absolute atomic E-state index is 10.8. The molecule has 1 nitrogen and oxygen atoms in total. The van der Waals surface area contributed by atoms with Crippen LogP contribution in [0.2, 0.25) is 0 Å². The zero-order valence-electron chi connectivity index (χ0n) is 10.3. The van der Waals surface area contributed by atoms with Crippen molar-refractivity contribution < 1.29 is 5.11 Å². The maximum atomic E-state index is 10.8. The Morgan fingerprint density at radius 2 is 1.73 bits per heavy atom. The Morgan fingerprint density at radius 3 is 2.40 bits per heavy atom. The lowest BCUT2D eigenvalue weighted by atomic mass is 9.67. The molecular weight excluding hydrogens is 184 g/mol. The molecule has 2 saturated carbocycles. The average Bonchev–Trinajstić information content (AvgIpc) is 2.67. The van der Waals surface area contributed by atoms with Gasteiger partial charge in [-0.1, -0.05) is 52.4 Å². The zero-order chi connectivity index (χ0) is 10.9. The number of hydrogen-bond acceptors (Lipinski definition) is 1. The van der Waals surface area contributed by atoms with E-state index in [1.165, 1.54) is 38.5 Å². The minimum atomic E-state index is -0.327. The van der Waals surface area contributed by atoms with Crippen molar-refractivity contribution in [1.82, 2.24) is 0 Å². The van der Waals surface area contributed by atoms with E-state index in [-0.39, 0.29) is 5.60 Å². The van der Waals surface area contributed by atoms with Crippen molar-refractivity contribution in [3.8, 4) is 0 Å². The van der Waals surface area contributed by atoms with Crippen LogP contribution in [0.1, 0.15) is 65.2 Å². The summed E-state index contributed by atoms with van der Waals surface area (Å²) in [5.41, 5.74) is -0.327. The first kappa shape index (κ1) is 11.4. The Labute approximate surface area is 94.3 Å². The fourth-order valence-electron chi connectivity index (χ4n) is 3.74. The molecule has 0 bridgehead atoms. The lowest BCUT2D eigenvalue weighted by Gasteiger charge is -2.43. The molecule has 0 radical (unpaired) electrons. The van der Waals surface area contributed by atoms with Crippen LogP contribution in [0.3, 0.4) is 0 Å². The summed E-state index contributed by atoms with van der Waals surface area (Å²) in [7, 11) is 0. The fourth-order valence-corrected chi connectivity index (χ4v) is 3.74. The Bertz CT molecular complexity index is 207. The molecule has 0 aromatic heterocycles. The smallest absolute Gasteiger partial charge is 0.0678 e. The second-order valence-electron chi connectivity index (χ2n) is 6.12. The summed E-state index contributed by atoms with van der Waals surface area (Å²) in [6.07, 6.45) is 10.2. The van der Waals surface area contributed by atoms with Crippen LogP contribution >= 0.6 is 0 Å². The van der Waals surface area contributed by atoms with Gasteiger partial charge in [0.2, 0.25) is 0 Å². The third kappa shape index (κ3) is 2.38. The summed E-state index contributed by atoms with van der Waals surface area (Å²) >= 11 is 0. The monoisotopic (exact) mass is 210 g/mol. The quantitative estimate of drug-likeness (QED) is 0.736. The molecule has 3 atom stereocenters. The first-order chi connectivity index (χ1) is 7.12. The van der Waals surface area contributed by atoms with Gasteiger partial charge in [-0.2, -0.15) is 0 Å². The van der Waals surface area contributed by atoms with Crippen LogP contribution in [0, 0.1) is 17.8 Å². The molecule has 2 rings (SSSR count). The van der Waals surface area contributed by atoms with E-state index in [1.54, 1.807) is 0 Å². The summed E-state index contributed by atoms with van der Waals surface area (Å²) < 4.78 is 0. The highest BCUT2D eigenvalue weighted by atomic mass is 16.3. The van der Waals surface area contributed by atoms with Crippen LogP contribution in [0.5, 0.6) is 0 Å². The zero-order valence-corrected chi connectivity index (χ0v) is 10.3. The summed E-state index contributed by atoms with van der Waals surface area (Å²) in [6.45, 7) is 4.57. The van der Waals surface area contributed by atoms with Crippen LogP contribution < -0.4 is 0 Å². The standard InChI is InChI=1S/C14H26O/c1-11-6-5-9-14(15,12(11)2)10-13-7-3-4-8-13/h11-13,15H,3-10H2,1-2H3. The van der Waals surface area contributed by atoms with E-state index in [0.29, 0.717) is 11.8 Å². The number of hydrogen-bond donors (Lipinski definition) is 1. The van der Waals surface area contributed by atoms with Gasteiger partial charge in [0.1, 0.15) is 0 Å². The Balaban J connectivity index is 1.97. The molecular formula is C14H26O. The molecule has 0 aliphatic heterocycles. The molecule has 3 unspecified atom stereocenters. The van der Waals surface area contributed by atoms with Crippen molar-refractivity contribution in [2.75, 3.05) is 0 Å². The van der Waals surface area contributed by atoms with Gasteiger partial charge in [-0.15, -0.1) is 0 Å². The predicted molar refractivity (Wildman–Crippen MR) is 63.7 cm³/mol. The van der Waals surface area contributed by atoms with Crippen molar-refractivity contribution in [1.29, 1.82) is 0 Å². The molecule has 2 aliphatic rings. The first-order valence-corrected chi connectivity index (χ1v) is 6.84. The van der Waals surface area contributed by atoms with Gasteiger partial charge in [-0.25, -0.2) is 0 Å². The van der Waals surface area contributed by atoms with E-state index < -0.39 is 0 Å². The van der Waals surface area contributed by atoms with Gasteiger partial charge >= 0.3 is 0 Å². The molecule has 15 heavy (non-hydrogen) atoms. The van der Waals surface area contributed by atoms with Crippen LogP contribution in [0.25, 0.3) is 0 Å². The molecule has 0 aromatic carbocycles. The first-order valence-electron chi connectivity index (χ1n) is 6.84. The second kappa shape index (κ2) is 4.45. The van der Waals surface area contributed by atoms with Gasteiger partial charge in [0, 0.05) is 0 Å². The predicted octanol–water partition coefficient (Wildman–Crippen LogP) is 3.75. The third-order valence-electron chi connectivity index (χ3n) is 5.09. The molecule has 0 amide bonds. The topological polar surface area (TPSA) is 20.2 Å². The molecule has 0 heterocycles. The fraction of sp³-hybridized carbons (Fsp3) is 1.00. The highest BCUT2D eigenvalue weighted by molar-refractivity contribution is 4.92. The molecule has 0 spiro atoms. The minimum Gasteiger partial charge on any atom is -0.390 e. The number of rotatable bonds is 2. The van der Waals surface area contributed by atoms with Crippen molar-refractivity contribution in [3.63, 3.8) is 0 Å². The second-order valence-corrected chi connectivity index (χ2v) is 6.12. The molecule has 0 aromatic rings. The highest BCUT2D eigenvalue weighted by Crippen LogP contribution is 2.44. The van der Waals surface area contributed by atoms with Crippen LogP contribution in [-0.2, 0) is 0 Å². The van der Waals surface area contributed by atoms with Crippen molar-refractivity contribution in [2.24, 2.45) is 17.8 Å². The maximum Gasteiger partial charge on any atom is 0.0678 e. The Hall–Kier alpha value is -0.0400. The van der Waals surface area contributed by atoms with E-state index in [0.717, 1.165) is 18.8 Å². The Kier molecular flexibility index (Phi) is 3.39. The molecule has 0 saturated heterocycles. The molecule has 2 aliphatic carbocycles. The summed E-state index contributed by atoms with van der Waals surface area (Å²) in [6, 6.07) is 0. The van der Waals surface area contributed by atoms with Crippen molar-refractivity contribution in [3.05, 3.63) is 0 Å². The molecule has 1 heteroatoms. The van der Waals surface area contributed by atoms with Gasteiger partial charge in [-0.05, 0) is 30.6 Å². The normalized spacial score (nSPS) is 43.4. The number of aliphatic hydroxyl groups is 1. The molecule has 88 valence electrons. The van der Waals surface area contributed by atoms with Crippen LogP contribution in [-0.4, -0.2) is 10.7 Å². The van der Waals surface area contributed by atoms with E-state index >= 15 is 0 Å². The van der Waals surface area contributed by atoms with E-state index in [4.69, 9.17) is 0 Å². The van der Waals surface area contributed by atoms with E-state index in [2.05, 4.69) is 13.8 Å². The molecule has 2 fully saturated rings. The lowest BCUT2D eigenvalue weighted by molar-refractivity contribution is -0.0787. The summed E-state index contributed by atoms with van der Waals surface area (Å²) in [5, 5.41) is 10.8. The van der Waals surface area contributed by atoms with Crippen LogP contribution in [0.15, 0.2) is 0 Å². The van der Waals surface area contributed by atoms with Gasteiger partial charge in [0.05, 0.1) is 5.60 Å². The SMILES string of the molecule is CC1CCCC(O)(CC2CCCC2)C1C. The highest BCUT2D eigenvalue weighted by Gasteiger charge is 2.41. The van der Waals surface area contributed by atoms with Gasteiger partial charge < -0.3 is 5.11 Å². The Morgan fingerprint density at radius 1 is 1.07 bits per heavy atom. The average molecular weight is 210 g/mol. The van der Waals surface area contributed by atoms with Crippen molar-refractivity contribution >= 4 is 0 Å². The van der Waals surface area contributed by atoms with E-state index in [9.17, 15) is 5.11 Å². The van der Waals surface area contributed by atoms with E-state index in [1.807, 2.05) is 0 Å². The lowest BCUT2D eigenvalue weighted by Crippen LogP contribution is -2.44. The van der Waals surface area contributed by atoms with Gasteiger partial charge in [-0.3, -0.25) is 0 Å². The largest absolute Gasteiger partial charge is 0.390 e. The molecule has 1 N–H and O–H groups in total. The van der Waals surface area contributed by atoms with Gasteiger partial charge in [0.15, 0.2) is 0 Å². The third-order valence-corrected chi connectivity index (χ3v) is 5.09. The van der Waals surface area contributed by atoms with Crippen molar-refractivity contribution in [2.45, 2.75) is 70.8 Å². The van der Waals surface area contributed by atoms with Gasteiger partial charge in [0.25, 0.3) is 0 Å². The summed E-state index contributed by atoms with van der Waals surface area (Å²) in [5.74, 6) is 2.04. The summed E-state index contributed by atoms with van der Waals surface area (Å²) in [4.78, 5) is 0. The minimum absolute atomic E-state index is 0.327. The van der Waals surface area contributed by atoms with Crippen LogP contribution in [0.4, 0.5) is 0 Å².